The number of hydrogen-bond acceptors (Lipinski definition) is 8. The lowest BCUT2D eigenvalue weighted by molar-refractivity contribution is -0.141. The van der Waals surface area contributed by atoms with Gasteiger partial charge in [0.15, 0.2) is 0 Å². The second-order valence-electron chi connectivity index (χ2n) is 11.8. The average molecular weight is 599 g/mol. The molecule has 12 nitrogen and oxygen atoms in total. The molecule has 2 fully saturated rings. The Labute approximate surface area is 252 Å². The molecule has 2 saturated heterocycles. The molecule has 2 aromatic heterocycles. The Morgan fingerprint density at radius 1 is 0.614 bits per heavy atom. The molecule has 2 aromatic carbocycles. The van der Waals surface area contributed by atoms with Gasteiger partial charge in [-0.2, -0.15) is 0 Å². The standard InChI is InChI=1S/2C16H17N3O3/c2*1-9-5-4-6-11-13(9)14(21)19(10(2)17-11)16(3)8-7-12(20)18-15(16)22/h2*4-6H,7-8H2,1-3H3,(H,18,20,22)/t2*16-/m10/s1. The van der Waals surface area contributed by atoms with E-state index in [9.17, 15) is 28.8 Å². The molecule has 0 unspecified atom stereocenters. The van der Waals surface area contributed by atoms with Crippen molar-refractivity contribution in [3.8, 4) is 0 Å². The predicted octanol–water partition coefficient (Wildman–Crippen LogP) is 2.33. The number of rotatable bonds is 2. The summed E-state index contributed by atoms with van der Waals surface area (Å²) in [5.41, 5.74) is 0.195. The molecule has 4 heterocycles. The summed E-state index contributed by atoms with van der Waals surface area (Å²) in [6, 6.07) is 11.0. The fourth-order valence-electron chi connectivity index (χ4n) is 6.19. The minimum absolute atomic E-state index is 0.208. The zero-order valence-electron chi connectivity index (χ0n) is 25.5. The maximum Gasteiger partial charge on any atom is 0.262 e. The maximum atomic E-state index is 13.0. The van der Waals surface area contributed by atoms with Crippen molar-refractivity contribution < 1.29 is 19.2 Å². The van der Waals surface area contributed by atoms with Crippen LogP contribution in [0.15, 0.2) is 46.0 Å². The number of carbonyl (C=O) groups is 4. The Kier molecular flexibility index (Phi) is 7.56. The third kappa shape index (κ3) is 4.89. The molecule has 228 valence electrons. The van der Waals surface area contributed by atoms with Crippen LogP contribution in [-0.2, 0) is 30.3 Å². The molecule has 2 aliphatic heterocycles. The van der Waals surface area contributed by atoms with Crippen molar-refractivity contribution >= 4 is 45.4 Å². The van der Waals surface area contributed by atoms with Crippen LogP contribution >= 0.6 is 0 Å². The highest BCUT2D eigenvalue weighted by atomic mass is 16.2. The summed E-state index contributed by atoms with van der Waals surface area (Å²) < 4.78 is 2.84. The van der Waals surface area contributed by atoms with Crippen molar-refractivity contribution in [2.75, 3.05) is 0 Å². The topological polar surface area (TPSA) is 162 Å². The lowest BCUT2D eigenvalue weighted by Gasteiger charge is -2.34. The molecule has 4 aromatic rings. The minimum atomic E-state index is -1.10. The fourth-order valence-corrected chi connectivity index (χ4v) is 6.19. The molecule has 0 radical (unpaired) electrons. The second kappa shape index (κ2) is 10.9. The smallest absolute Gasteiger partial charge is 0.262 e. The summed E-state index contributed by atoms with van der Waals surface area (Å²) in [6.07, 6.45) is 0.995. The SMILES string of the molecule is Cc1cccc2nc(C)n([C@@]3(C)CCC(=O)NC3=O)c(=O)c12.Cc1cccc2nc(C)n([C@]3(C)CCC(=O)NC3=O)c(=O)c12. The van der Waals surface area contributed by atoms with Crippen LogP contribution in [0.25, 0.3) is 21.8 Å². The van der Waals surface area contributed by atoms with Crippen molar-refractivity contribution in [2.24, 2.45) is 0 Å². The van der Waals surface area contributed by atoms with Crippen molar-refractivity contribution in [3.05, 3.63) is 79.9 Å². The summed E-state index contributed by atoms with van der Waals surface area (Å²) in [6.45, 7) is 10.5. The van der Waals surface area contributed by atoms with Crippen LogP contribution in [0.2, 0.25) is 0 Å². The van der Waals surface area contributed by atoms with E-state index in [1.165, 1.54) is 9.13 Å². The highest BCUT2D eigenvalue weighted by Gasteiger charge is 2.43. The van der Waals surface area contributed by atoms with E-state index in [1.807, 2.05) is 38.1 Å². The Morgan fingerprint density at radius 3 is 1.32 bits per heavy atom. The van der Waals surface area contributed by atoms with Gasteiger partial charge in [-0.1, -0.05) is 24.3 Å². The van der Waals surface area contributed by atoms with Crippen LogP contribution in [0.1, 0.15) is 62.3 Å². The van der Waals surface area contributed by atoms with Crippen LogP contribution in [0, 0.1) is 27.7 Å². The van der Waals surface area contributed by atoms with Gasteiger partial charge in [-0.3, -0.25) is 48.5 Å². The largest absolute Gasteiger partial charge is 0.294 e. The van der Waals surface area contributed by atoms with E-state index in [2.05, 4.69) is 20.6 Å². The van der Waals surface area contributed by atoms with E-state index >= 15 is 0 Å². The first kappa shape index (κ1) is 30.5. The van der Waals surface area contributed by atoms with Crippen molar-refractivity contribution in [2.45, 2.75) is 78.3 Å². The number of hydrogen-bond donors (Lipinski definition) is 2. The van der Waals surface area contributed by atoms with E-state index < -0.39 is 22.9 Å². The first-order valence-electron chi connectivity index (χ1n) is 14.4. The van der Waals surface area contributed by atoms with Gasteiger partial charge in [0, 0.05) is 12.8 Å². The Balaban J connectivity index is 0.000000175. The summed E-state index contributed by atoms with van der Waals surface area (Å²) in [4.78, 5) is 82.3. The molecule has 4 amide bonds. The number of aromatic nitrogens is 4. The normalized spacial score (nSPS) is 22.0. The monoisotopic (exact) mass is 598 g/mol. The van der Waals surface area contributed by atoms with E-state index in [4.69, 9.17) is 0 Å². The quantitative estimate of drug-likeness (QED) is 0.332. The first-order valence-corrected chi connectivity index (χ1v) is 14.4. The zero-order valence-corrected chi connectivity index (χ0v) is 25.5. The second-order valence-corrected chi connectivity index (χ2v) is 11.8. The first-order chi connectivity index (χ1) is 20.7. The maximum absolute atomic E-state index is 13.0. The third-order valence-corrected chi connectivity index (χ3v) is 8.70. The third-order valence-electron chi connectivity index (χ3n) is 8.70. The van der Waals surface area contributed by atoms with E-state index in [0.717, 1.165) is 11.1 Å². The van der Waals surface area contributed by atoms with Crippen molar-refractivity contribution in [1.29, 1.82) is 0 Å². The highest BCUT2D eigenvalue weighted by molar-refractivity contribution is 6.02. The molecule has 44 heavy (non-hydrogen) atoms. The van der Waals surface area contributed by atoms with Gasteiger partial charge in [0.2, 0.25) is 11.8 Å². The van der Waals surface area contributed by atoms with Crippen LogP contribution in [0.5, 0.6) is 0 Å². The van der Waals surface area contributed by atoms with E-state index in [0.29, 0.717) is 33.5 Å². The average Bonchev–Trinajstić information content (AvgIpc) is 2.93. The van der Waals surface area contributed by atoms with E-state index in [1.54, 1.807) is 39.8 Å². The predicted molar refractivity (Wildman–Crippen MR) is 163 cm³/mol. The number of amides is 4. The Hall–Kier alpha value is -5.00. The van der Waals surface area contributed by atoms with Gasteiger partial charge in [0.25, 0.3) is 22.9 Å². The van der Waals surface area contributed by atoms with Gasteiger partial charge in [-0.05, 0) is 77.6 Å². The molecular weight excluding hydrogens is 564 g/mol. The lowest BCUT2D eigenvalue weighted by atomic mass is 9.90. The Bertz CT molecular complexity index is 1880. The highest BCUT2D eigenvalue weighted by Crippen LogP contribution is 2.28. The molecule has 6 rings (SSSR count). The van der Waals surface area contributed by atoms with Gasteiger partial charge < -0.3 is 0 Å². The van der Waals surface area contributed by atoms with Crippen LogP contribution < -0.4 is 21.8 Å². The molecule has 2 atom stereocenters. The number of benzene rings is 2. The molecule has 12 heteroatoms. The number of aryl methyl sites for hydroxylation is 4. The molecular formula is C32H34N6O6. The number of nitrogens with one attached hydrogen (secondary N) is 2. The number of nitrogens with zero attached hydrogens (tertiary/aromatic N) is 4. The van der Waals surface area contributed by atoms with Gasteiger partial charge in [0.1, 0.15) is 22.7 Å². The molecule has 0 spiro atoms. The number of carbonyl (C=O) groups excluding carboxylic acids is 4. The number of fused-ring (bicyclic) bond motifs is 2. The van der Waals surface area contributed by atoms with Gasteiger partial charge in [-0.15, -0.1) is 0 Å². The molecule has 0 aliphatic carbocycles. The summed E-state index contributed by atoms with van der Waals surface area (Å²) in [5.74, 6) is -0.589. The molecule has 2 aliphatic rings. The van der Waals surface area contributed by atoms with Crippen LogP contribution in [0.3, 0.4) is 0 Å². The molecule has 0 saturated carbocycles. The van der Waals surface area contributed by atoms with Crippen LogP contribution in [-0.4, -0.2) is 42.7 Å². The fraction of sp³-hybridized carbons (Fsp3) is 0.375. The lowest BCUT2D eigenvalue weighted by Crippen LogP contribution is -2.56. The van der Waals surface area contributed by atoms with Crippen molar-refractivity contribution in [1.82, 2.24) is 29.7 Å². The zero-order chi connectivity index (χ0) is 32.1. The number of imide groups is 2. The summed E-state index contributed by atoms with van der Waals surface area (Å²) >= 11 is 0. The van der Waals surface area contributed by atoms with Gasteiger partial charge in [0.05, 0.1) is 21.8 Å². The Morgan fingerprint density at radius 2 is 0.977 bits per heavy atom. The number of piperidine rings is 2. The summed E-state index contributed by atoms with van der Waals surface area (Å²) in [7, 11) is 0. The minimum Gasteiger partial charge on any atom is -0.294 e. The van der Waals surface area contributed by atoms with Crippen LogP contribution in [0.4, 0.5) is 0 Å². The van der Waals surface area contributed by atoms with Gasteiger partial charge in [-0.25, -0.2) is 9.97 Å². The molecule has 0 bridgehead atoms. The molecule has 2 N–H and O–H groups in total. The summed E-state index contributed by atoms with van der Waals surface area (Å²) in [5, 5.41) is 5.67. The van der Waals surface area contributed by atoms with Gasteiger partial charge >= 0.3 is 0 Å². The van der Waals surface area contributed by atoms with Crippen molar-refractivity contribution in [3.63, 3.8) is 0 Å². The van der Waals surface area contributed by atoms with E-state index in [-0.39, 0.29) is 48.6 Å².